The van der Waals surface area contributed by atoms with Gasteiger partial charge in [-0.15, -0.1) is 12.6 Å². The molecule has 16 heavy (non-hydrogen) atoms. The lowest BCUT2D eigenvalue weighted by molar-refractivity contribution is 0.481. The molecule has 0 aromatic heterocycles. The second-order valence-electron chi connectivity index (χ2n) is 3.39. The summed E-state index contributed by atoms with van der Waals surface area (Å²) in [5, 5.41) is 0. The van der Waals surface area contributed by atoms with Crippen molar-refractivity contribution >= 4 is 24.0 Å². The van der Waals surface area contributed by atoms with Gasteiger partial charge in [0.05, 0.1) is 0 Å². The Kier molecular flexibility index (Phi) is 2.92. The number of ether oxygens (including phenoxy) is 1. The number of nitrogens with two attached hydrogens (primary N) is 2. The van der Waals surface area contributed by atoms with E-state index in [2.05, 4.69) is 12.6 Å². The molecular formula is C12H12N2OS. The van der Waals surface area contributed by atoms with Gasteiger partial charge in [0.1, 0.15) is 11.5 Å². The van der Waals surface area contributed by atoms with E-state index in [0.717, 1.165) is 5.75 Å². The average molecular weight is 232 g/mol. The van der Waals surface area contributed by atoms with E-state index in [1.807, 2.05) is 12.1 Å². The predicted octanol–water partition coefficient (Wildman–Crippen LogP) is 2.93. The molecule has 4 N–H and O–H groups in total. The fourth-order valence-corrected chi connectivity index (χ4v) is 1.46. The Morgan fingerprint density at radius 3 is 2.12 bits per heavy atom. The fraction of sp³-hybridized carbons (Fsp3) is 0. The third-order valence-electron chi connectivity index (χ3n) is 2.12. The lowest BCUT2D eigenvalue weighted by atomic mass is 10.3. The van der Waals surface area contributed by atoms with E-state index < -0.39 is 0 Å². The summed E-state index contributed by atoms with van der Waals surface area (Å²) in [6, 6.07) is 12.5. The van der Waals surface area contributed by atoms with Crippen LogP contribution in [0.5, 0.6) is 11.5 Å². The molecule has 0 amide bonds. The van der Waals surface area contributed by atoms with Crippen molar-refractivity contribution < 1.29 is 4.74 Å². The summed E-state index contributed by atoms with van der Waals surface area (Å²) in [6.45, 7) is 0. The highest BCUT2D eigenvalue weighted by Gasteiger charge is 2.00. The highest BCUT2D eigenvalue weighted by molar-refractivity contribution is 7.80. The van der Waals surface area contributed by atoms with Crippen LogP contribution in [-0.2, 0) is 0 Å². The Labute approximate surface area is 99.4 Å². The van der Waals surface area contributed by atoms with Gasteiger partial charge in [-0.2, -0.15) is 0 Å². The van der Waals surface area contributed by atoms with Crippen LogP contribution >= 0.6 is 12.6 Å². The van der Waals surface area contributed by atoms with Crippen LogP contribution in [0.3, 0.4) is 0 Å². The van der Waals surface area contributed by atoms with Crippen molar-refractivity contribution in [2.75, 3.05) is 11.5 Å². The highest BCUT2D eigenvalue weighted by atomic mass is 32.1. The van der Waals surface area contributed by atoms with Crippen LogP contribution in [0, 0.1) is 0 Å². The van der Waals surface area contributed by atoms with Gasteiger partial charge in [-0.25, -0.2) is 0 Å². The molecule has 0 heterocycles. The molecule has 4 heteroatoms. The first-order valence-electron chi connectivity index (χ1n) is 4.77. The normalized spacial score (nSPS) is 10.1. The number of hydrogen-bond acceptors (Lipinski definition) is 4. The van der Waals surface area contributed by atoms with Gasteiger partial charge in [-0.05, 0) is 42.5 Å². The Hall–Kier alpha value is -1.81. The Balaban J connectivity index is 2.20. The van der Waals surface area contributed by atoms with Gasteiger partial charge in [-0.1, -0.05) is 0 Å². The average Bonchev–Trinajstić information content (AvgIpc) is 2.27. The molecule has 82 valence electrons. The summed E-state index contributed by atoms with van der Waals surface area (Å²) in [5.74, 6) is 1.43. The molecule has 0 spiro atoms. The lowest BCUT2D eigenvalue weighted by Crippen LogP contribution is -1.89. The summed E-state index contributed by atoms with van der Waals surface area (Å²) in [5.41, 5.74) is 12.6. The monoisotopic (exact) mass is 232 g/mol. The minimum atomic E-state index is 0.632. The van der Waals surface area contributed by atoms with E-state index in [4.69, 9.17) is 16.2 Å². The predicted molar refractivity (Wildman–Crippen MR) is 69.0 cm³/mol. The summed E-state index contributed by atoms with van der Waals surface area (Å²) >= 11 is 4.23. The lowest BCUT2D eigenvalue weighted by Gasteiger charge is -2.07. The van der Waals surface area contributed by atoms with Crippen LogP contribution < -0.4 is 16.2 Å². The molecule has 0 radical (unpaired) electrons. The van der Waals surface area contributed by atoms with Gasteiger partial charge in [0.15, 0.2) is 0 Å². The molecule has 2 aromatic rings. The number of rotatable bonds is 2. The van der Waals surface area contributed by atoms with Crippen molar-refractivity contribution in [3.63, 3.8) is 0 Å². The molecule has 2 aromatic carbocycles. The zero-order valence-electron chi connectivity index (χ0n) is 8.55. The van der Waals surface area contributed by atoms with Gasteiger partial charge in [0.25, 0.3) is 0 Å². The SMILES string of the molecule is Nc1ccc(Oc2ccc(N)c(S)c2)cc1. The topological polar surface area (TPSA) is 61.3 Å². The number of nitrogen functional groups attached to an aromatic ring is 2. The zero-order chi connectivity index (χ0) is 11.5. The Morgan fingerprint density at radius 1 is 0.875 bits per heavy atom. The summed E-state index contributed by atoms with van der Waals surface area (Å²) in [4.78, 5) is 0.702. The van der Waals surface area contributed by atoms with E-state index in [1.54, 1.807) is 30.3 Å². The molecule has 0 saturated heterocycles. The molecule has 0 aliphatic heterocycles. The van der Waals surface area contributed by atoms with E-state index >= 15 is 0 Å². The molecule has 0 unspecified atom stereocenters. The van der Waals surface area contributed by atoms with Crippen LogP contribution in [0.15, 0.2) is 47.4 Å². The third-order valence-corrected chi connectivity index (χ3v) is 2.51. The van der Waals surface area contributed by atoms with Gasteiger partial charge in [0, 0.05) is 16.3 Å². The largest absolute Gasteiger partial charge is 0.457 e. The third kappa shape index (κ3) is 2.41. The Morgan fingerprint density at radius 2 is 1.50 bits per heavy atom. The van der Waals surface area contributed by atoms with Crippen molar-refractivity contribution in [3.8, 4) is 11.5 Å². The van der Waals surface area contributed by atoms with Crippen molar-refractivity contribution in [1.29, 1.82) is 0 Å². The fourth-order valence-electron chi connectivity index (χ4n) is 1.26. The maximum atomic E-state index is 5.65. The van der Waals surface area contributed by atoms with Crippen LogP contribution in [-0.4, -0.2) is 0 Å². The number of anilines is 2. The summed E-state index contributed by atoms with van der Waals surface area (Å²) in [7, 11) is 0. The molecule has 0 bridgehead atoms. The second kappa shape index (κ2) is 4.37. The quantitative estimate of drug-likeness (QED) is 0.551. The van der Waals surface area contributed by atoms with E-state index in [1.165, 1.54) is 0 Å². The highest BCUT2D eigenvalue weighted by Crippen LogP contribution is 2.27. The standard InChI is InChI=1S/C12H12N2OS/c13-8-1-3-9(4-2-8)15-10-5-6-11(14)12(16)7-10/h1-7,16H,13-14H2. The first-order valence-corrected chi connectivity index (χ1v) is 5.22. The molecule has 3 nitrogen and oxygen atoms in total. The molecule has 0 aliphatic rings. The van der Waals surface area contributed by atoms with Crippen LogP contribution in [0.25, 0.3) is 0 Å². The number of thiol groups is 1. The van der Waals surface area contributed by atoms with Gasteiger partial charge in [-0.3, -0.25) is 0 Å². The van der Waals surface area contributed by atoms with Crippen molar-refractivity contribution in [2.24, 2.45) is 0 Å². The number of hydrogen-bond donors (Lipinski definition) is 3. The molecule has 0 saturated carbocycles. The van der Waals surface area contributed by atoms with Crippen molar-refractivity contribution in [3.05, 3.63) is 42.5 Å². The summed E-state index contributed by atoms with van der Waals surface area (Å²) in [6.07, 6.45) is 0. The van der Waals surface area contributed by atoms with Crippen molar-refractivity contribution in [2.45, 2.75) is 4.90 Å². The van der Waals surface area contributed by atoms with Crippen molar-refractivity contribution in [1.82, 2.24) is 0 Å². The molecule has 0 aliphatic carbocycles. The minimum absolute atomic E-state index is 0.632. The van der Waals surface area contributed by atoms with Crippen LogP contribution in [0.1, 0.15) is 0 Å². The Bertz CT molecular complexity index is 497. The van der Waals surface area contributed by atoms with Gasteiger partial charge in [0.2, 0.25) is 0 Å². The van der Waals surface area contributed by atoms with Gasteiger partial charge < -0.3 is 16.2 Å². The smallest absolute Gasteiger partial charge is 0.128 e. The first-order chi connectivity index (χ1) is 7.65. The van der Waals surface area contributed by atoms with Crippen LogP contribution in [0.2, 0.25) is 0 Å². The van der Waals surface area contributed by atoms with Crippen LogP contribution in [0.4, 0.5) is 11.4 Å². The maximum absolute atomic E-state index is 5.65. The number of benzene rings is 2. The maximum Gasteiger partial charge on any atom is 0.128 e. The first kappa shape index (κ1) is 10.7. The van der Waals surface area contributed by atoms with E-state index in [-0.39, 0.29) is 0 Å². The second-order valence-corrected chi connectivity index (χ2v) is 3.87. The minimum Gasteiger partial charge on any atom is -0.457 e. The molecule has 0 atom stereocenters. The van der Waals surface area contributed by atoms with E-state index in [0.29, 0.717) is 22.0 Å². The summed E-state index contributed by atoms with van der Waals surface area (Å²) < 4.78 is 5.61. The zero-order valence-corrected chi connectivity index (χ0v) is 9.45. The molecular weight excluding hydrogens is 220 g/mol. The molecule has 0 fully saturated rings. The van der Waals surface area contributed by atoms with Gasteiger partial charge >= 0.3 is 0 Å². The molecule has 2 rings (SSSR count). The van der Waals surface area contributed by atoms with E-state index in [9.17, 15) is 0 Å².